The van der Waals surface area contributed by atoms with Gasteiger partial charge in [-0.3, -0.25) is 0 Å². The number of hydrogen-bond acceptors (Lipinski definition) is 1. The van der Waals surface area contributed by atoms with Crippen LogP contribution in [0.25, 0.3) is 0 Å². The van der Waals surface area contributed by atoms with Crippen LogP contribution in [-0.4, -0.2) is 11.2 Å². The molecule has 0 aliphatic heterocycles. The van der Waals surface area contributed by atoms with E-state index < -0.39 is 0 Å². The molecule has 0 aromatic carbocycles. The van der Waals surface area contributed by atoms with E-state index in [1.165, 1.54) is 69.8 Å². The highest BCUT2D eigenvalue weighted by atomic mass is 16.3. The Hall–Kier alpha value is -0.300. The van der Waals surface area contributed by atoms with Crippen molar-refractivity contribution in [3.8, 4) is 0 Å². The van der Waals surface area contributed by atoms with Crippen molar-refractivity contribution in [2.75, 3.05) is 0 Å². The fraction of sp³-hybridized carbons (Fsp3) is 0.895. The Balaban J connectivity index is 2.22. The van der Waals surface area contributed by atoms with Crippen molar-refractivity contribution < 1.29 is 5.11 Å². The van der Waals surface area contributed by atoms with E-state index in [0.717, 1.165) is 24.7 Å². The number of hydrogen-bond donors (Lipinski definition) is 1. The third-order valence-corrected chi connectivity index (χ3v) is 5.02. The molecule has 1 rings (SSSR count). The minimum atomic E-state index is -0.0277. The summed E-state index contributed by atoms with van der Waals surface area (Å²) in [5.41, 5.74) is 1.46. The van der Waals surface area contributed by atoms with Crippen molar-refractivity contribution in [3.05, 3.63) is 12.2 Å². The van der Waals surface area contributed by atoms with Crippen molar-refractivity contribution >= 4 is 0 Å². The predicted molar refractivity (Wildman–Crippen MR) is 88.9 cm³/mol. The lowest BCUT2D eigenvalue weighted by atomic mass is 9.73. The molecule has 0 radical (unpaired) electrons. The van der Waals surface area contributed by atoms with Gasteiger partial charge < -0.3 is 5.11 Å². The number of unbranched alkanes of at least 4 members (excludes halogenated alkanes) is 3. The molecular weight excluding hydrogens is 244 g/mol. The third-order valence-electron chi connectivity index (χ3n) is 5.02. The highest BCUT2D eigenvalue weighted by Crippen LogP contribution is 2.37. The summed E-state index contributed by atoms with van der Waals surface area (Å²) in [6.45, 7) is 8.81. The largest absolute Gasteiger partial charge is 0.393 e. The van der Waals surface area contributed by atoms with Crippen LogP contribution in [0.3, 0.4) is 0 Å². The average Bonchev–Trinajstić information content (AvgIpc) is 2.43. The number of allylic oxidation sites excluding steroid dienone is 1. The second-order valence-corrected chi connectivity index (χ2v) is 6.88. The molecule has 1 nitrogen and oxygen atoms in total. The number of rotatable bonds is 10. The maximum Gasteiger partial charge on any atom is 0.0543 e. The maximum atomic E-state index is 9.85. The summed E-state index contributed by atoms with van der Waals surface area (Å²) in [4.78, 5) is 0. The summed E-state index contributed by atoms with van der Waals surface area (Å²) in [6, 6.07) is 0. The van der Waals surface area contributed by atoms with E-state index in [9.17, 15) is 5.11 Å². The molecular formula is C19H36O. The lowest BCUT2D eigenvalue weighted by molar-refractivity contribution is 0.0617. The van der Waals surface area contributed by atoms with E-state index >= 15 is 0 Å². The highest BCUT2D eigenvalue weighted by Gasteiger charge is 2.28. The summed E-state index contributed by atoms with van der Waals surface area (Å²) >= 11 is 0. The molecule has 1 aliphatic rings. The molecule has 0 saturated heterocycles. The molecule has 1 saturated carbocycles. The number of aliphatic hydroxyl groups is 1. The van der Waals surface area contributed by atoms with Crippen LogP contribution in [0.4, 0.5) is 0 Å². The van der Waals surface area contributed by atoms with E-state index in [1.807, 2.05) is 0 Å². The summed E-state index contributed by atoms with van der Waals surface area (Å²) in [6.07, 6.45) is 15.0. The van der Waals surface area contributed by atoms with Gasteiger partial charge in [0.05, 0.1) is 6.10 Å². The zero-order chi connectivity index (χ0) is 14.8. The monoisotopic (exact) mass is 280 g/mol. The molecule has 1 heteroatoms. The Labute approximate surface area is 126 Å². The molecule has 118 valence electrons. The van der Waals surface area contributed by atoms with Crippen LogP contribution >= 0.6 is 0 Å². The van der Waals surface area contributed by atoms with E-state index in [4.69, 9.17) is 0 Å². The first kappa shape index (κ1) is 17.8. The molecule has 0 heterocycles. The second kappa shape index (κ2) is 10.4. The topological polar surface area (TPSA) is 20.2 Å². The Morgan fingerprint density at radius 2 is 1.75 bits per heavy atom. The van der Waals surface area contributed by atoms with E-state index in [-0.39, 0.29) is 6.10 Å². The minimum Gasteiger partial charge on any atom is -0.393 e. The van der Waals surface area contributed by atoms with Gasteiger partial charge in [0.2, 0.25) is 0 Å². The van der Waals surface area contributed by atoms with Gasteiger partial charge in [-0.2, -0.15) is 0 Å². The molecule has 3 unspecified atom stereocenters. The Morgan fingerprint density at radius 3 is 2.45 bits per heavy atom. The van der Waals surface area contributed by atoms with Crippen molar-refractivity contribution in [3.63, 3.8) is 0 Å². The molecule has 0 amide bonds. The van der Waals surface area contributed by atoms with Gasteiger partial charge in [-0.05, 0) is 56.8 Å². The zero-order valence-corrected chi connectivity index (χ0v) is 13.9. The third kappa shape index (κ3) is 6.92. The van der Waals surface area contributed by atoms with Crippen molar-refractivity contribution in [2.45, 2.75) is 97.0 Å². The van der Waals surface area contributed by atoms with Crippen LogP contribution in [-0.2, 0) is 0 Å². The molecule has 0 aromatic rings. The summed E-state index contributed by atoms with van der Waals surface area (Å²) in [7, 11) is 0. The first-order chi connectivity index (χ1) is 9.67. The van der Waals surface area contributed by atoms with Gasteiger partial charge in [0, 0.05) is 0 Å². The van der Waals surface area contributed by atoms with Gasteiger partial charge in [0.1, 0.15) is 0 Å². The number of aliphatic hydroxyl groups excluding tert-OH is 1. The fourth-order valence-electron chi connectivity index (χ4n) is 3.72. The van der Waals surface area contributed by atoms with Crippen LogP contribution < -0.4 is 0 Å². The molecule has 1 N–H and O–H groups in total. The fourth-order valence-corrected chi connectivity index (χ4v) is 3.72. The quantitative estimate of drug-likeness (QED) is 0.392. The first-order valence-electron chi connectivity index (χ1n) is 9.02. The van der Waals surface area contributed by atoms with Gasteiger partial charge in [0.25, 0.3) is 0 Å². The maximum absolute atomic E-state index is 9.85. The van der Waals surface area contributed by atoms with Crippen LogP contribution in [0.1, 0.15) is 90.9 Å². The van der Waals surface area contributed by atoms with Crippen molar-refractivity contribution in [1.82, 2.24) is 0 Å². The molecule has 1 fully saturated rings. The van der Waals surface area contributed by atoms with E-state index in [0.29, 0.717) is 0 Å². The van der Waals surface area contributed by atoms with Crippen molar-refractivity contribution in [1.29, 1.82) is 0 Å². The van der Waals surface area contributed by atoms with Crippen LogP contribution in [0.2, 0.25) is 0 Å². The van der Waals surface area contributed by atoms with E-state index in [1.54, 1.807) is 0 Å². The molecule has 1 aliphatic carbocycles. The average molecular weight is 280 g/mol. The predicted octanol–water partition coefficient (Wildman–Crippen LogP) is 5.87. The molecule has 0 aromatic heterocycles. The SMILES string of the molecule is C=C(CCCCCC)CCC1CCC(O)CC1CCC. The van der Waals surface area contributed by atoms with Gasteiger partial charge in [-0.1, -0.05) is 58.1 Å². The smallest absolute Gasteiger partial charge is 0.0543 e. The summed E-state index contributed by atoms with van der Waals surface area (Å²) in [5, 5.41) is 9.85. The lowest BCUT2D eigenvalue weighted by Crippen LogP contribution is -2.27. The highest BCUT2D eigenvalue weighted by molar-refractivity contribution is 4.95. The van der Waals surface area contributed by atoms with Gasteiger partial charge in [0.15, 0.2) is 0 Å². The molecule has 0 spiro atoms. The normalized spacial score (nSPS) is 26.6. The first-order valence-corrected chi connectivity index (χ1v) is 9.02. The summed E-state index contributed by atoms with van der Waals surface area (Å²) in [5.74, 6) is 1.60. The standard InChI is InChI=1S/C19H36O/c1-4-6-7-8-10-16(3)11-12-17-13-14-19(20)15-18(17)9-5-2/h17-20H,3-15H2,1-2H3. The Bertz CT molecular complexity index is 258. The molecule has 20 heavy (non-hydrogen) atoms. The Kier molecular flexibility index (Phi) is 9.26. The van der Waals surface area contributed by atoms with Crippen LogP contribution in [0.5, 0.6) is 0 Å². The van der Waals surface area contributed by atoms with Crippen molar-refractivity contribution in [2.24, 2.45) is 11.8 Å². The van der Waals surface area contributed by atoms with E-state index in [2.05, 4.69) is 20.4 Å². The second-order valence-electron chi connectivity index (χ2n) is 6.88. The van der Waals surface area contributed by atoms with Gasteiger partial charge in [-0.25, -0.2) is 0 Å². The molecule has 0 bridgehead atoms. The van der Waals surface area contributed by atoms with Crippen LogP contribution in [0, 0.1) is 11.8 Å². The minimum absolute atomic E-state index is 0.0277. The Morgan fingerprint density at radius 1 is 0.950 bits per heavy atom. The zero-order valence-electron chi connectivity index (χ0n) is 13.9. The molecule has 3 atom stereocenters. The van der Waals surface area contributed by atoms with Gasteiger partial charge >= 0.3 is 0 Å². The lowest BCUT2D eigenvalue weighted by Gasteiger charge is -2.34. The summed E-state index contributed by atoms with van der Waals surface area (Å²) < 4.78 is 0. The van der Waals surface area contributed by atoms with Gasteiger partial charge in [-0.15, -0.1) is 0 Å². The van der Waals surface area contributed by atoms with Crippen LogP contribution in [0.15, 0.2) is 12.2 Å².